The molecule has 0 aliphatic heterocycles. The van der Waals surface area contributed by atoms with Gasteiger partial charge in [-0.05, 0) is 37.4 Å². The van der Waals surface area contributed by atoms with Crippen LogP contribution in [0.3, 0.4) is 0 Å². The lowest BCUT2D eigenvalue weighted by Gasteiger charge is -2.33. The molecule has 0 radical (unpaired) electrons. The SMILES string of the molecule is CNC1(C(F)F)CCCCc2ccccc21. The zero-order chi connectivity index (χ0) is 11.6. The number of rotatable bonds is 2. The lowest BCUT2D eigenvalue weighted by molar-refractivity contribution is 0.0259. The topological polar surface area (TPSA) is 12.0 Å². The van der Waals surface area contributed by atoms with E-state index < -0.39 is 12.0 Å². The molecule has 1 aliphatic rings. The van der Waals surface area contributed by atoms with E-state index in [1.54, 1.807) is 7.05 Å². The van der Waals surface area contributed by atoms with Crippen molar-refractivity contribution in [1.29, 1.82) is 0 Å². The van der Waals surface area contributed by atoms with Crippen molar-refractivity contribution in [2.24, 2.45) is 0 Å². The van der Waals surface area contributed by atoms with Gasteiger partial charge in [0.05, 0.1) is 0 Å². The van der Waals surface area contributed by atoms with Crippen LogP contribution in [-0.2, 0) is 12.0 Å². The standard InChI is InChI=1S/C13H17F2N/c1-16-13(12(14)15)9-5-4-7-10-6-2-3-8-11(10)13/h2-3,6,8,12,16H,4-5,7,9H2,1H3. The van der Waals surface area contributed by atoms with E-state index in [9.17, 15) is 8.78 Å². The molecule has 1 aromatic rings. The zero-order valence-electron chi connectivity index (χ0n) is 9.47. The Morgan fingerprint density at radius 1 is 1.25 bits per heavy atom. The Kier molecular flexibility index (Phi) is 3.24. The van der Waals surface area contributed by atoms with Crippen LogP contribution in [0.4, 0.5) is 8.78 Å². The lowest BCUT2D eigenvalue weighted by Crippen LogP contribution is -2.46. The summed E-state index contributed by atoms with van der Waals surface area (Å²) in [5, 5.41) is 2.86. The predicted molar refractivity (Wildman–Crippen MR) is 60.7 cm³/mol. The van der Waals surface area contributed by atoms with E-state index in [1.165, 1.54) is 0 Å². The largest absolute Gasteiger partial charge is 0.306 e. The van der Waals surface area contributed by atoms with E-state index in [4.69, 9.17) is 0 Å². The molecule has 0 saturated carbocycles. The smallest absolute Gasteiger partial charge is 0.260 e. The molecule has 16 heavy (non-hydrogen) atoms. The fraction of sp³-hybridized carbons (Fsp3) is 0.538. The second kappa shape index (κ2) is 4.50. The average Bonchev–Trinajstić information content (AvgIpc) is 2.49. The maximum Gasteiger partial charge on any atom is 0.260 e. The third-order valence-corrected chi connectivity index (χ3v) is 3.58. The molecule has 1 N–H and O–H groups in total. The molecular weight excluding hydrogens is 208 g/mol. The molecule has 3 heteroatoms. The van der Waals surface area contributed by atoms with Crippen LogP contribution in [0.2, 0.25) is 0 Å². The summed E-state index contributed by atoms with van der Waals surface area (Å²) in [7, 11) is 1.63. The minimum Gasteiger partial charge on any atom is -0.306 e. The van der Waals surface area contributed by atoms with Crippen LogP contribution in [0, 0.1) is 0 Å². The van der Waals surface area contributed by atoms with Crippen LogP contribution < -0.4 is 5.32 Å². The summed E-state index contributed by atoms with van der Waals surface area (Å²) in [5.41, 5.74) is 0.701. The lowest BCUT2D eigenvalue weighted by atomic mass is 9.85. The monoisotopic (exact) mass is 225 g/mol. The number of halogens is 2. The third-order valence-electron chi connectivity index (χ3n) is 3.58. The zero-order valence-corrected chi connectivity index (χ0v) is 9.47. The number of fused-ring (bicyclic) bond motifs is 1. The number of aryl methyl sites for hydroxylation is 1. The highest BCUT2D eigenvalue weighted by Gasteiger charge is 2.42. The molecule has 2 rings (SSSR count). The van der Waals surface area contributed by atoms with Crippen molar-refractivity contribution < 1.29 is 8.78 Å². The number of hydrogen-bond acceptors (Lipinski definition) is 1. The summed E-state index contributed by atoms with van der Waals surface area (Å²) in [6.07, 6.45) is 0.897. The number of hydrogen-bond donors (Lipinski definition) is 1. The molecule has 1 atom stereocenters. The van der Waals surface area contributed by atoms with Crippen molar-refractivity contribution in [3.8, 4) is 0 Å². The van der Waals surface area contributed by atoms with Gasteiger partial charge in [-0.1, -0.05) is 30.7 Å². The summed E-state index contributed by atoms with van der Waals surface area (Å²) in [6, 6.07) is 7.58. The Morgan fingerprint density at radius 2 is 2.00 bits per heavy atom. The van der Waals surface area contributed by atoms with Crippen LogP contribution in [0.25, 0.3) is 0 Å². The van der Waals surface area contributed by atoms with Gasteiger partial charge in [0.1, 0.15) is 5.54 Å². The molecule has 1 nitrogen and oxygen atoms in total. The summed E-state index contributed by atoms with van der Waals surface area (Å²) >= 11 is 0. The number of alkyl halides is 2. The maximum absolute atomic E-state index is 13.4. The fourth-order valence-corrected chi connectivity index (χ4v) is 2.62. The molecule has 1 unspecified atom stereocenters. The van der Waals surface area contributed by atoms with Crippen LogP contribution in [0.5, 0.6) is 0 Å². The van der Waals surface area contributed by atoms with Crippen molar-refractivity contribution in [3.05, 3.63) is 35.4 Å². The van der Waals surface area contributed by atoms with E-state index in [2.05, 4.69) is 5.32 Å². The maximum atomic E-state index is 13.4. The van der Waals surface area contributed by atoms with Crippen LogP contribution in [0.1, 0.15) is 30.4 Å². The Hall–Kier alpha value is -0.960. The first-order valence-corrected chi connectivity index (χ1v) is 5.76. The Balaban J connectivity index is 2.53. The highest BCUT2D eigenvalue weighted by atomic mass is 19.3. The molecule has 0 amide bonds. The first-order chi connectivity index (χ1) is 7.70. The summed E-state index contributed by atoms with van der Waals surface area (Å²) < 4.78 is 26.7. The number of benzene rings is 1. The van der Waals surface area contributed by atoms with E-state index in [-0.39, 0.29) is 0 Å². The summed E-state index contributed by atoms with van der Waals surface area (Å²) in [5.74, 6) is 0. The van der Waals surface area contributed by atoms with Crippen LogP contribution >= 0.6 is 0 Å². The van der Waals surface area contributed by atoms with Gasteiger partial charge in [0.2, 0.25) is 0 Å². The van der Waals surface area contributed by atoms with Crippen LogP contribution in [-0.4, -0.2) is 13.5 Å². The van der Waals surface area contributed by atoms with Gasteiger partial charge >= 0.3 is 0 Å². The van der Waals surface area contributed by atoms with Gasteiger partial charge in [0.25, 0.3) is 6.43 Å². The van der Waals surface area contributed by atoms with E-state index in [0.29, 0.717) is 6.42 Å². The average molecular weight is 225 g/mol. The highest BCUT2D eigenvalue weighted by molar-refractivity contribution is 5.35. The van der Waals surface area contributed by atoms with E-state index >= 15 is 0 Å². The van der Waals surface area contributed by atoms with Crippen molar-refractivity contribution in [2.75, 3.05) is 7.05 Å². The Bertz CT molecular complexity index is 365. The molecule has 0 heterocycles. The second-order valence-electron chi connectivity index (χ2n) is 4.39. The Labute approximate surface area is 94.9 Å². The van der Waals surface area contributed by atoms with Gasteiger partial charge < -0.3 is 5.32 Å². The first kappa shape index (κ1) is 11.5. The van der Waals surface area contributed by atoms with Crippen LogP contribution in [0.15, 0.2) is 24.3 Å². The molecular formula is C13H17F2N. The van der Waals surface area contributed by atoms with Gasteiger partial charge in [-0.15, -0.1) is 0 Å². The van der Waals surface area contributed by atoms with Gasteiger partial charge in [-0.25, -0.2) is 8.78 Å². The van der Waals surface area contributed by atoms with Crippen molar-refractivity contribution >= 4 is 0 Å². The van der Waals surface area contributed by atoms with E-state index in [1.807, 2.05) is 24.3 Å². The van der Waals surface area contributed by atoms with Gasteiger partial charge in [-0.3, -0.25) is 0 Å². The first-order valence-electron chi connectivity index (χ1n) is 5.76. The minimum atomic E-state index is -2.36. The molecule has 1 aliphatic carbocycles. The quantitative estimate of drug-likeness (QED) is 0.763. The normalized spacial score (nSPS) is 25.2. The van der Waals surface area contributed by atoms with Crippen molar-refractivity contribution in [2.45, 2.75) is 37.6 Å². The van der Waals surface area contributed by atoms with Gasteiger partial charge in [0, 0.05) is 0 Å². The second-order valence-corrected chi connectivity index (χ2v) is 4.39. The predicted octanol–water partition coefficient (Wildman–Crippen LogP) is 3.09. The van der Waals surface area contributed by atoms with Crippen molar-refractivity contribution in [1.82, 2.24) is 5.32 Å². The highest BCUT2D eigenvalue weighted by Crippen LogP contribution is 2.38. The molecule has 0 bridgehead atoms. The molecule has 0 aromatic heterocycles. The van der Waals surface area contributed by atoms with E-state index in [0.717, 1.165) is 30.4 Å². The molecule has 88 valence electrons. The Morgan fingerprint density at radius 3 is 2.69 bits per heavy atom. The summed E-state index contributed by atoms with van der Waals surface area (Å²) in [4.78, 5) is 0. The van der Waals surface area contributed by atoms with Crippen molar-refractivity contribution in [3.63, 3.8) is 0 Å². The molecule has 0 fully saturated rings. The number of nitrogens with one attached hydrogen (secondary N) is 1. The molecule has 0 saturated heterocycles. The minimum absolute atomic E-state index is 0.512. The molecule has 1 aromatic carbocycles. The molecule has 0 spiro atoms. The van der Waals surface area contributed by atoms with Gasteiger partial charge in [0.15, 0.2) is 0 Å². The van der Waals surface area contributed by atoms with Gasteiger partial charge in [-0.2, -0.15) is 0 Å². The third kappa shape index (κ3) is 1.73. The summed E-state index contributed by atoms with van der Waals surface area (Å²) in [6.45, 7) is 0. The fourth-order valence-electron chi connectivity index (χ4n) is 2.62.